The number of rotatable bonds is 7. The molecule has 2 N–H and O–H groups in total. The lowest BCUT2D eigenvalue weighted by molar-refractivity contribution is -0.137. The summed E-state index contributed by atoms with van der Waals surface area (Å²) in [7, 11) is 1.54. The van der Waals surface area contributed by atoms with Crippen LogP contribution in [0.15, 0.2) is 22.7 Å². The second-order valence-electron chi connectivity index (χ2n) is 4.21. The molecular formula is C13H16BrF3N2O2. The minimum Gasteiger partial charge on any atom is -0.384 e. The lowest BCUT2D eigenvalue weighted by Gasteiger charge is -2.12. The molecule has 0 unspecified atom stereocenters. The Bertz CT molecular complexity index is 481. The van der Waals surface area contributed by atoms with Crippen molar-refractivity contribution in [2.75, 3.05) is 32.1 Å². The Hall–Kier alpha value is -1.28. The first-order chi connectivity index (χ1) is 9.84. The molecule has 1 aromatic rings. The summed E-state index contributed by atoms with van der Waals surface area (Å²) in [6.07, 6.45) is -4.15. The van der Waals surface area contributed by atoms with Gasteiger partial charge in [-0.25, -0.2) is 0 Å². The van der Waals surface area contributed by atoms with Crippen molar-refractivity contribution in [1.82, 2.24) is 5.32 Å². The third-order valence-corrected chi connectivity index (χ3v) is 3.25. The minimum absolute atomic E-state index is 0.150. The van der Waals surface area contributed by atoms with Gasteiger partial charge in [-0.05, 0) is 34.1 Å². The van der Waals surface area contributed by atoms with Crippen LogP contribution in [-0.4, -0.2) is 32.7 Å². The van der Waals surface area contributed by atoms with Crippen molar-refractivity contribution in [2.24, 2.45) is 0 Å². The van der Waals surface area contributed by atoms with Crippen LogP contribution in [0.5, 0.6) is 0 Å². The van der Waals surface area contributed by atoms with E-state index in [0.717, 1.165) is 12.1 Å². The third kappa shape index (κ3) is 6.34. The van der Waals surface area contributed by atoms with Crippen molar-refractivity contribution in [3.63, 3.8) is 0 Å². The largest absolute Gasteiger partial charge is 0.416 e. The van der Waals surface area contributed by atoms with Crippen molar-refractivity contribution in [2.45, 2.75) is 12.6 Å². The van der Waals surface area contributed by atoms with Crippen LogP contribution in [0.25, 0.3) is 0 Å². The molecule has 21 heavy (non-hydrogen) atoms. The first-order valence-corrected chi connectivity index (χ1v) is 7.00. The highest BCUT2D eigenvalue weighted by Gasteiger charge is 2.30. The summed E-state index contributed by atoms with van der Waals surface area (Å²) in [4.78, 5) is 11.4. The van der Waals surface area contributed by atoms with E-state index in [-0.39, 0.29) is 12.3 Å². The SMILES string of the molecule is COCCNC(=O)CCNc1ccc(C(F)(F)F)cc1Br. The molecule has 0 heterocycles. The van der Waals surface area contributed by atoms with E-state index < -0.39 is 11.7 Å². The van der Waals surface area contributed by atoms with Gasteiger partial charge in [0.25, 0.3) is 0 Å². The van der Waals surface area contributed by atoms with Gasteiger partial charge in [0.2, 0.25) is 5.91 Å². The molecule has 0 fully saturated rings. The number of hydrogen-bond donors (Lipinski definition) is 2. The van der Waals surface area contributed by atoms with E-state index in [1.54, 1.807) is 0 Å². The van der Waals surface area contributed by atoms with Crippen molar-refractivity contribution in [3.05, 3.63) is 28.2 Å². The first kappa shape index (κ1) is 17.8. The fourth-order valence-corrected chi connectivity index (χ4v) is 2.05. The third-order valence-electron chi connectivity index (χ3n) is 2.59. The molecule has 118 valence electrons. The zero-order valence-electron chi connectivity index (χ0n) is 11.4. The lowest BCUT2D eigenvalue weighted by Crippen LogP contribution is -2.28. The number of methoxy groups -OCH3 is 1. The molecule has 0 radical (unpaired) electrons. The Labute approximate surface area is 129 Å². The van der Waals surface area contributed by atoms with Gasteiger partial charge < -0.3 is 15.4 Å². The molecule has 0 aliphatic heterocycles. The van der Waals surface area contributed by atoms with E-state index in [1.807, 2.05) is 0 Å². The highest BCUT2D eigenvalue weighted by Crippen LogP contribution is 2.33. The maximum Gasteiger partial charge on any atom is 0.416 e. The summed E-state index contributed by atoms with van der Waals surface area (Å²) in [6.45, 7) is 1.19. The zero-order chi connectivity index (χ0) is 15.9. The smallest absolute Gasteiger partial charge is 0.384 e. The van der Waals surface area contributed by atoms with E-state index in [2.05, 4.69) is 26.6 Å². The molecule has 1 aromatic carbocycles. The predicted molar refractivity (Wildman–Crippen MR) is 77.1 cm³/mol. The number of hydrogen-bond acceptors (Lipinski definition) is 3. The van der Waals surface area contributed by atoms with Crippen LogP contribution in [0.2, 0.25) is 0 Å². The standard InChI is InChI=1S/C13H16BrF3N2O2/c1-21-7-6-19-12(20)4-5-18-11-3-2-9(8-10(11)14)13(15,16)17/h2-3,8,18H,4-7H2,1H3,(H,19,20). The maximum atomic E-state index is 12.5. The van der Waals surface area contributed by atoms with Crippen molar-refractivity contribution in [1.29, 1.82) is 0 Å². The number of benzene rings is 1. The molecule has 4 nitrogen and oxygen atoms in total. The van der Waals surface area contributed by atoms with Crippen LogP contribution >= 0.6 is 15.9 Å². The number of ether oxygens (including phenoxy) is 1. The lowest BCUT2D eigenvalue weighted by atomic mass is 10.2. The van der Waals surface area contributed by atoms with E-state index in [0.29, 0.717) is 29.9 Å². The monoisotopic (exact) mass is 368 g/mol. The molecule has 0 aromatic heterocycles. The number of amides is 1. The van der Waals surface area contributed by atoms with Crippen LogP contribution in [0.3, 0.4) is 0 Å². The Kier molecular flexibility index (Phi) is 6.97. The first-order valence-electron chi connectivity index (χ1n) is 6.21. The molecule has 0 bridgehead atoms. The van der Waals surface area contributed by atoms with Crippen molar-refractivity contribution in [3.8, 4) is 0 Å². The van der Waals surface area contributed by atoms with Gasteiger partial charge in [-0.3, -0.25) is 4.79 Å². The van der Waals surface area contributed by atoms with Crippen LogP contribution < -0.4 is 10.6 Å². The normalized spacial score (nSPS) is 11.3. The van der Waals surface area contributed by atoms with Gasteiger partial charge in [0, 0.05) is 36.8 Å². The summed E-state index contributed by atoms with van der Waals surface area (Å²) >= 11 is 3.08. The van der Waals surface area contributed by atoms with Crippen LogP contribution in [-0.2, 0) is 15.7 Å². The Morgan fingerprint density at radius 2 is 2.05 bits per heavy atom. The van der Waals surface area contributed by atoms with E-state index in [9.17, 15) is 18.0 Å². The summed E-state index contributed by atoms with van der Waals surface area (Å²) in [5.41, 5.74) is -0.218. The van der Waals surface area contributed by atoms with E-state index in [1.165, 1.54) is 13.2 Å². The Balaban J connectivity index is 2.44. The van der Waals surface area contributed by atoms with Crippen LogP contribution in [0, 0.1) is 0 Å². The van der Waals surface area contributed by atoms with Gasteiger partial charge in [0.05, 0.1) is 12.2 Å². The molecular weight excluding hydrogens is 353 g/mol. The van der Waals surface area contributed by atoms with E-state index >= 15 is 0 Å². The van der Waals surface area contributed by atoms with Gasteiger partial charge in [-0.15, -0.1) is 0 Å². The number of alkyl halides is 3. The predicted octanol–water partition coefficient (Wildman–Crippen LogP) is 3.03. The van der Waals surface area contributed by atoms with E-state index in [4.69, 9.17) is 4.74 Å². The average molecular weight is 369 g/mol. The molecule has 1 amide bonds. The van der Waals surface area contributed by atoms with Gasteiger partial charge in [-0.1, -0.05) is 0 Å². The molecule has 0 aliphatic rings. The second kappa shape index (κ2) is 8.23. The summed E-state index contributed by atoms with van der Waals surface area (Å²) in [5, 5.41) is 5.56. The highest BCUT2D eigenvalue weighted by atomic mass is 79.9. The Morgan fingerprint density at radius 3 is 2.62 bits per heavy atom. The molecule has 1 rings (SSSR count). The minimum atomic E-state index is -4.37. The van der Waals surface area contributed by atoms with Crippen molar-refractivity contribution < 1.29 is 22.7 Å². The molecule has 8 heteroatoms. The average Bonchev–Trinajstić information content (AvgIpc) is 2.39. The zero-order valence-corrected chi connectivity index (χ0v) is 13.0. The second-order valence-corrected chi connectivity index (χ2v) is 5.07. The van der Waals surface area contributed by atoms with Gasteiger partial charge in [0.15, 0.2) is 0 Å². The van der Waals surface area contributed by atoms with Crippen LogP contribution in [0.4, 0.5) is 18.9 Å². The van der Waals surface area contributed by atoms with Crippen molar-refractivity contribution >= 4 is 27.5 Å². The molecule has 0 saturated heterocycles. The fourth-order valence-electron chi connectivity index (χ4n) is 1.53. The number of carbonyl (C=O) groups excluding carboxylic acids is 1. The van der Waals surface area contributed by atoms with Crippen LogP contribution in [0.1, 0.15) is 12.0 Å². The topological polar surface area (TPSA) is 50.4 Å². The summed E-state index contributed by atoms with van der Waals surface area (Å²) in [5.74, 6) is -0.150. The Morgan fingerprint density at radius 1 is 1.33 bits per heavy atom. The number of carbonyl (C=O) groups is 1. The molecule has 0 aliphatic carbocycles. The number of halogens is 4. The molecule has 0 spiro atoms. The molecule has 0 atom stereocenters. The van der Waals surface area contributed by atoms with Gasteiger partial charge in [0.1, 0.15) is 0 Å². The van der Waals surface area contributed by atoms with Gasteiger partial charge in [-0.2, -0.15) is 13.2 Å². The summed E-state index contributed by atoms with van der Waals surface area (Å²) in [6, 6.07) is 3.32. The highest BCUT2D eigenvalue weighted by molar-refractivity contribution is 9.10. The number of nitrogens with one attached hydrogen (secondary N) is 2. The fraction of sp³-hybridized carbons (Fsp3) is 0.462. The summed E-state index contributed by atoms with van der Waals surface area (Å²) < 4.78 is 42.6. The molecule has 0 saturated carbocycles. The van der Waals surface area contributed by atoms with Gasteiger partial charge >= 0.3 is 6.18 Å². The quantitative estimate of drug-likeness (QED) is 0.727. The maximum absolute atomic E-state index is 12.5. The number of anilines is 1.